The first-order valence-corrected chi connectivity index (χ1v) is 18.5. The zero-order valence-corrected chi connectivity index (χ0v) is 29.3. The Balaban J connectivity index is 1.23. The Hall–Kier alpha value is -7.27. The van der Waals surface area contributed by atoms with Crippen molar-refractivity contribution in [2.75, 3.05) is 0 Å². The van der Waals surface area contributed by atoms with Crippen LogP contribution in [-0.4, -0.2) is 0 Å². The fourth-order valence-electron chi connectivity index (χ4n) is 9.08. The molecule has 1 aliphatic carbocycles. The van der Waals surface area contributed by atoms with Crippen molar-refractivity contribution in [3.05, 3.63) is 194 Å². The molecule has 0 fully saturated rings. The average Bonchev–Trinajstić information content (AvgIpc) is 3.57. The highest BCUT2D eigenvalue weighted by molar-refractivity contribution is 6.30. The van der Waals surface area contributed by atoms with Gasteiger partial charge in [-0.25, -0.2) is 0 Å². The van der Waals surface area contributed by atoms with Gasteiger partial charge >= 0.3 is 0 Å². The maximum Gasteiger partial charge on any atom is 0.0991 e. The minimum absolute atomic E-state index is 0.671. The molecule has 1 heteroatoms. The average molecular weight is 682 g/mol. The highest BCUT2D eigenvalue weighted by Crippen LogP contribution is 2.59. The molecule has 0 aromatic heterocycles. The first-order chi connectivity index (χ1) is 26.8. The highest BCUT2D eigenvalue weighted by atomic mass is 14.3. The Morgan fingerprint density at radius 3 is 1.26 bits per heavy atom. The second-order valence-electron chi connectivity index (χ2n) is 14.3. The number of fused-ring (bicyclic) bond motifs is 6. The van der Waals surface area contributed by atoms with E-state index in [4.69, 9.17) is 0 Å². The van der Waals surface area contributed by atoms with Gasteiger partial charge in [0.15, 0.2) is 0 Å². The number of nitrogens with zero attached hydrogens (tertiary/aromatic N) is 1. The van der Waals surface area contributed by atoms with E-state index in [1.165, 1.54) is 98.7 Å². The normalized spacial score (nSPS) is 11.7. The number of hydrogen-bond acceptors (Lipinski definition) is 1. The molecule has 0 amide bonds. The van der Waals surface area contributed by atoms with Crippen LogP contribution < -0.4 is 0 Å². The summed E-state index contributed by atoms with van der Waals surface area (Å²) in [5.41, 5.74) is 15.6. The smallest absolute Gasteiger partial charge is 0.0991 e. The molecule has 0 saturated heterocycles. The van der Waals surface area contributed by atoms with Crippen LogP contribution in [-0.2, 0) is 0 Å². The van der Waals surface area contributed by atoms with Gasteiger partial charge in [0.25, 0.3) is 0 Å². The predicted molar refractivity (Wildman–Crippen MR) is 227 cm³/mol. The Bertz CT molecular complexity index is 3050. The maximum atomic E-state index is 9.28. The summed E-state index contributed by atoms with van der Waals surface area (Å²) in [6, 6.07) is 70.6. The van der Waals surface area contributed by atoms with E-state index in [-0.39, 0.29) is 0 Å². The minimum Gasteiger partial charge on any atom is -0.192 e. The van der Waals surface area contributed by atoms with Crippen LogP contribution in [0.5, 0.6) is 0 Å². The summed E-state index contributed by atoms with van der Waals surface area (Å²) < 4.78 is 0. The van der Waals surface area contributed by atoms with Gasteiger partial charge in [-0.3, -0.25) is 0 Å². The molecule has 54 heavy (non-hydrogen) atoms. The van der Waals surface area contributed by atoms with Crippen molar-refractivity contribution in [3.8, 4) is 72.8 Å². The van der Waals surface area contributed by atoms with Crippen molar-refractivity contribution in [2.24, 2.45) is 0 Å². The molecule has 10 aromatic carbocycles. The van der Waals surface area contributed by atoms with Gasteiger partial charge in [0, 0.05) is 0 Å². The lowest BCUT2D eigenvalue weighted by Gasteiger charge is -2.22. The molecule has 1 aliphatic rings. The predicted octanol–water partition coefficient (Wildman–Crippen LogP) is 14.5. The van der Waals surface area contributed by atoms with E-state index in [0.717, 1.165) is 11.1 Å². The van der Waals surface area contributed by atoms with E-state index >= 15 is 0 Å². The molecule has 0 spiro atoms. The van der Waals surface area contributed by atoms with Gasteiger partial charge in [0.2, 0.25) is 0 Å². The molecular formula is C53H31N. The molecule has 248 valence electrons. The quantitative estimate of drug-likeness (QED) is 0.181. The lowest BCUT2D eigenvalue weighted by molar-refractivity contribution is 1.48. The van der Waals surface area contributed by atoms with Crippen molar-refractivity contribution in [2.45, 2.75) is 0 Å². The fourth-order valence-corrected chi connectivity index (χ4v) is 9.08. The molecule has 11 rings (SSSR count). The molecule has 0 heterocycles. The lowest BCUT2D eigenvalue weighted by atomic mass is 9.81. The lowest BCUT2D eigenvalue weighted by Crippen LogP contribution is -1.94. The zero-order valence-electron chi connectivity index (χ0n) is 29.3. The largest absolute Gasteiger partial charge is 0.192 e. The van der Waals surface area contributed by atoms with Crippen LogP contribution in [0.25, 0.3) is 110 Å². The summed E-state index contributed by atoms with van der Waals surface area (Å²) in [4.78, 5) is 0. The van der Waals surface area contributed by atoms with E-state index in [1.54, 1.807) is 0 Å². The van der Waals surface area contributed by atoms with E-state index in [9.17, 15) is 5.26 Å². The monoisotopic (exact) mass is 681 g/mol. The van der Waals surface area contributed by atoms with Gasteiger partial charge in [-0.05, 0) is 122 Å². The summed E-state index contributed by atoms with van der Waals surface area (Å²) in [5, 5.41) is 19.4. The van der Waals surface area contributed by atoms with Crippen molar-refractivity contribution in [1.82, 2.24) is 0 Å². The van der Waals surface area contributed by atoms with Crippen LogP contribution in [0.15, 0.2) is 188 Å². The fraction of sp³-hybridized carbons (Fsp3) is 0. The number of rotatable bonds is 4. The van der Waals surface area contributed by atoms with Crippen LogP contribution in [0.4, 0.5) is 0 Å². The third-order valence-electron chi connectivity index (χ3n) is 11.5. The van der Waals surface area contributed by atoms with Crippen LogP contribution in [0.3, 0.4) is 0 Å². The second-order valence-corrected chi connectivity index (χ2v) is 14.3. The van der Waals surface area contributed by atoms with Gasteiger partial charge in [-0.2, -0.15) is 5.26 Å². The first-order valence-electron chi connectivity index (χ1n) is 18.5. The number of nitriles is 1. The zero-order chi connectivity index (χ0) is 35.8. The van der Waals surface area contributed by atoms with Crippen molar-refractivity contribution >= 4 is 43.1 Å². The molecule has 0 radical (unpaired) electrons. The Morgan fingerprint density at radius 1 is 0.278 bits per heavy atom. The summed E-state index contributed by atoms with van der Waals surface area (Å²) in [5.74, 6) is 0. The van der Waals surface area contributed by atoms with Gasteiger partial charge in [0.05, 0.1) is 11.6 Å². The van der Waals surface area contributed by atoms with Crippen molar-refractivity contribution in [3.63, 3.8) is 0 Å². The summed E-state index contributed by atoms with van der Waals surface area (Å²) in [6.07, 6.45) is 0. The molecule has 0 unspecified atom stereocenters. The van der Waals surface area contributed by atoms with E-state index < -0.39 is 0 Å². The third-order valence-corrected chi connectivity index (χ3v) is 11.5. The van der Waals surface area contributed by atoms with Gasteiger partial charge in [-0.15, -0.1) is 0 Å². The molecule has 0 bridgehead atoms. The van der Waals surface area contributed by atoms with Crippen LogP contribution in [0.2, 0.25) is 0 Å². The molecule has 0 saturated carbocycles. The topological polar surface area (TPSA) is 23.8 Å². The molecule has 0 N–H and O–H groups in total. The van der Waals surface area contributed by atoms with E-state index in [1.807, 2.05) is 24.3 Å². The highest BCUT2D eigenvalue weighted by Gasteiger charge is 2.32. The number of benzene rings is 10. The molecule has 0 aliphatic heterocycles. The molecule has 1 nitrogen and oxygen atoms in total. The Labute approximate surface area is 313 Å². The Morgan fingerprint density at radius 2 is 0.685 bits per heavy atom. The van der Waals surface area contributed by atoms with Crippen LogP contribution >= 0.6 is 0 Å². The number of hydrogen-bond donors (Lipinski definition) is 0. The molecular weight excluding hydrogens is 651 g/mol. The SMILES string of the molecule is N#Cc1ccc(-c2ccc(-c3ccc4c5c(cccc35)-c3c-4c(-c4cccc5ccccc45)c4ccccc4c3-c3cccc4ccccc34)cc2)cc1. The summed E-state index contributed by atoms with van der Waals surface area (Å²) >= 11 is 0. The second kappa shape index (κ2) is 11.9. The molecule has 10 aromatic rings. The maximum absolute atomic E-state index is 9.28. The van der Waals surface area contributed by atoms with Crippen molar-refractivity contribution in [1.29, 1.82) is 5.26 Å². The Kier molecular flexibility index (Phi) is 6.68. The summed E-state index contributed by atoms with van der Waals surface area (Å²) in [7, 11) is 0. The van der Waals surface area contributed by atoms with Crippen LogP contribution in [0, 0.1) is 11.3 Å². The van der Waals surface area contributed by atoms with Gasteiger partial charge in [0.1, 0.15) is 0 Å². The standard InChI is InChI=1S/C53H31N/c54-32-33-22-24-34(25-23-33)35-26-28-38(29-27-35)41-30-31-48-49-42(41)20-9-21-47(49)52-50(43-18-7-12-36-10-1-3-14-39(36)43)45-16-5-6-17-46(45)51(53(48)52)44-19-8-13-37-11-2-4-15-40(37)44/h1-31H. The molecule has 0 atom stereocenters. The van der Waals surface area contributed by atoms with E-state index in [0.29, 0.717) is 5.56 Å². The van der Waals surface area contributed by atoms with E-state index in [2.05, 4.69) is 170 Å². The van der Waals surface area contributed by atoms with Crippen molar-refractivity contribution < 1.29 is 0 Å². The third kappa shape index (κ3) is 4.44. The minimum atomic E-state index is 0.671. The summed E-state index contributed by atoms with van der Waals surface area (Å²) in [6.45, 7) is 0. The van der Waals surface area contributed by atoms with Gasteiger partial charge < -0.3 is 0 Å². The first kappa shape index (κ1) is 30.4. The van der Waals surface area contributed by atoms with Gasteiger partial charge in [-0.1, -0.05) is 176 Å². The van der Waals surface area contributed by atoms with Crippen LogP contribution in [0.1, 0.15) is 5.56 Å².